The predicted octanol–water partition coefficient (Wildman–Crippen LogP) is 1.16. The molecule has 2 aliphatic rings. The van der Waals surface area contributed by atoms with Gasteiger partial charge in [-0.3, -0.25) is 4.90 Å². The first-order valence-corrected chi connectivity index (χ1v) is 7.82. The molecule has 1 aliphatic heterocycles. The lowest BCUT2D eigenvalue weighted by molar-refractivity contribution is -0.305. The number of hydrogen-bond acceptors (Lipinski definition) is 5. The summed E-state index contributed by atoms with van der Waals surface area (Å²) in [4.78, 5) is 23.8. The molecule has 6 nitrogen and oxygen atoms in total. The molecule has 2 rings (SSSR count). The normalized spacial score (nSPS) is 27.9. The summed E-state index contributed by atoms with van der Waals surface area (Å²) < 4.78 is 5.55. The minimum absolute atomic E-state index is 0.0325. The molecule has 120 valence electrons. The van der Waals surface area contributed by atoms with Crippen molar-refractivity contribution in [3.63, 3.8) is 0 Å². The van der Waals surface area contributed by atoms with Gasteiger partial charge in [-0.15, -0.1) is 0 Å². The predicted molar refractivity (Wildman–Crippen MR) is 73.1 cm³/mol. The van der Waals surface area contributed by atoms with Crippen molar-refractivity contribution in [2.45, 2.75) is 76.0 Å². The molecule has 0 aromatic rings. The number of nitrogens with zero attached hydrogens (tertiary/aromatic N) is 1. The van der Waals surface area contributed by atoms with Crippen molar-refractivity contribution < 1.29 is 24.5 Å². The van der Waals surface area contributed by atoms with Gasteiger partial charge in [0.15, 0.2) is 11.3 Å². The molecule has 0 unspecified atom stereocenters. The third-order valence-electron chi connectivity index (χ3n) is 4.82. The molecule has 1 saturated heterocycles. The Morgan fingerprint density at radius 2 is 1.95 bits per heavy atom. The zero-order valence-electron chi connectivity index (χ0n) is 12.6. The maximum Gasteiger partial charge on any atom is 0.412 e. The highest BCUT2D eigenvalue weighted by Gasteiger charge is 2.61. The number of aliphatic hydroxyl groups is 1. The summed E-state index contributed by atoms with van der Waals surface area (Å²) >= 11 is 0. The van der Waals surface area contributed by atoms with E-state index in [1.807, 2.05) is 0 Å². The third kappa shape index (κ3) is 3.15. The van der Waals surface area contributed by atoms with Crippen LogP contribution in [0.2, 0.25) is 0 Å². The van der Waals surface area contributed by atoms with Crippen molar-refractivity contribution in [1.29, 1.82) is 0 Å². The van der Waals surface area contributed by atoms with Crippen molar-refractivity contribution in [1.82, 2.24) is 4.90 Å². The molecular formula is C15H24NO5-. The number of unbranched alkanes of at least 4 members (excludes halogenated alkanes) is 2. The van der Waals surface area contributed by atoms with Crippen LogP contribution in [0.1, 0.15) is 64.7 Å². The number of rotatable bonds is 6. The molecule has 21 heavy (non-hydrogen) atoms. The van der Waals surface area contributed by atoms with E-state index in [2.05, 4.69) is 0 Å². The Balaban J connectivity index is 1.90. The van der Waals surface area contributed by atoms with Gasteiger partial charge in [-0.25, -0.2) is 4.79 Å². The van der Waals surface area contributed by atoms with Gasteiger partial charge in [-0.1, -0.05) is 12.8 Å². The van der Waals surface area contributed by atoms with E-state index >= 15 is 0 Å². The second kappa shape index (κ2) is 6.22. The van der Waals surface area contributed by atoms with Gasteiger partial charge in [0.1, 0.15) is 0 Å². The van der Waals surface area contributed by atoms with Crippen LogP contribution in [0.5, 0.6) is 0 Å². The summed E-state index contributed by atoms with van der Waals surface area (Å²) in [5.74, 6) is -1.05. The lowest BCUT2D eigenvalue weighted by Crippen LogP contribution is -2.57. The smallest absolute Gasteiger partial charge is 0.412 e. The average molecular weight is 298 g/mol. The van der Waals surface area contributed by atoms with E-state index in [-0.39, 0.29) is 6.42 Å². The summed E-state index contributed by atoms with van der Waals surface area (Å²) in [5.41, 5.74) is -2.05. The SMILES string of the molecule is C[C@]1(O)N(CCCCCC(=O)[O-])C(=O)OC12CCCCC2. The number of amides is 1. The fourth-order valence-corrected chi connectivity index (χ4v) is 3.47. The molecule has 0 radical (unpaired) electrons. The van der Waals surface area contributed by atoms with Crippen LogP contribution >= 0.6 is 0 Å². The first kappa shape index (κ1) is 16.1. The molecule has 1 aliphatic carbocycles. The zero-order chi connectivity index (χ0) is 15.5. The van der Waals surface area contributed by atoms with Crippen LogP contribution < -0.4 is 5.11 Å². The second-order valence-corrected chi connectivity index (χ2v) is 6.28. The lowest BCUT2D eigenvalue weighted by atomic mass is 9.77. The number of carbonyl (C=O) groups is 2. The van der Waals surface area contributed by atoms with Crippen LogP contribution in [-0.2, 0) is 9.53 Å². The van der Waals surface area contributed by atoms with E-state index < -0.39 is 23.4 Å². The maximum absolute atomic E-state index is 12.1. The van der Waals surface area contributed by atoms with Gasteiger partial charge in [0.25, 0.3) is 0 Å². The largest absolute Gasteiger partial charge is 0.550 e. The highest BCUT2D eigenvalue weighted by atomic mass is 16.6. The van der Waals surface area contributed by atoms with Gasteiger partial charge in [0, 0.05) is 12.5 Å². The van der Waals surface area contributed by atoms with Crippen LogP contribution in [-0.4, -0.2) is 39.9 Å². The van der Waals surface area contributed by atoms with Crippen LogP contribution in [0.15, 0.2) is 0 Å². The quantitative estimate of drug-likeness (QED) is 0.743. The van der Waals surface area contributed by atoms with Crippen LogP contribution in [0, 0.1) is 0 Å². The summed E-state index contributed by atoms with van der Waals surface area (Å²) in [6.45, 7) is 2.05. The molecule has 0 bridgehead atoms. The zero-order valence-corrected chi connectivity index (χ0v) is 12.6. The van der Waals surface area contributed by atoms with E-state index in [9.17, 15) is 19.8 Å². The number of carbonyl (C=O) groups excluding carboxylic acids is 2. The van der Waals surface area contributed by atoms with E-state index in [1.54, 1.807) is 6.92 Å². The Hall–Kier alpha value is -1.30. The molecule has 0 aromatic carbocycles. The fraction of sp³-hybridized carbons (Fsp3) is 0.867. The Bertz CT molecular complexity index is 401. The van der Waals surface area contributed by atoms with Crippen LogP contribution in [0.4, 0.5) is 4.79 Å². The van der Waals surface area contributed by atoms with E-state index in [0.29, 0.717) is 38.6 Å². The van der Waals surface area contributed by atoms with E-state index in [1.165, 1.54) is 4.90 Å². The first-order chi connectivity index (χ1) is 9.89. The van der Waals surface area contributed by atoms with Gasteiger partial charge in [0.2, 0.25) is 0 Å². The molecule has 1 saturated carbocycles. The minimum Gasteiger partial charge on any atom is -0.550 e. The van der Waals surface area contributed by atoms with Crippen molar-refractivity contribution in [2.24, 2.45) is 0 Å². The van der Waals surface area contributed by atoms with Gasteiger partial charge >= 0.3 is 6.09 Å². The molecule has 0 aromatic heterocycles. The standard InChI is InChI=1S/C15H25NO5/c1-14(20)15(9-5-3-6-10-15)21-13(19)16(14)11-7-2-4-8-12(17)18/h20H,2-11H2,1H3,(H,17,18)/p-1/t14-/m1/s1. The van der Waals surface area contributed by atoms with Crippen molar-refractivity contribution >= 4 is 12.1 Å². The summed E-state index contributed by atoms with van der Waals surface area (Å²) in [7, 11) is 0. The molecular weight excluding hydrogens is 274 g/mol. The van der Waals surface area contributed by atoms with Crippen LogP contribution in [0.25, 0.3) is 0 Å². The van der Waals surface area contributed by atoms with Crippen LogP contribution in [0.3, 0.4) is 0 Å². The number of ether oxygens (including phenoxy) is 1. The minimum atomic E-state index is -1.28. The van der Waals surface area contributed by atoms with Crippen molar-refractivity contribution in [3.05, 3.63) is 0 Å². The molecule has 1 N–H and O–H groups in total. The monoisotopic (exact) mass is 298 g/mol. The molecule has 6 heteroatoms. The highest BCUT2D eigenvalue weighted by molar-refractivity contribution is 5.72. The molecule has 1 amide bonds. The Labute approximate surface area is 125 Å². The number of aliphatic carboxylic acids is 1. The maximum atomic E-state index is 12.1. The number of hydrogen-bond donors (Lipinski definition) is 1. The van der Waals surface area contributed by atoms with E-state index in [4.69, 9.17) is 4.74 Å². The Morgan fingerprint density at radius 1 is 1.29 bits per heavy atom. The number of carboxylic acid groups (broad SMARTS) is 1. The molecule has 2 fully saturated rings. The number of carboxylic acids is 1. The topological polar surface area (TPSA) is 89.9 Å². The van der Waals surface area contributed by atoms with Gasteiger partial charge in [-0.2, -0.15) is 0 Å². The Kier molecular flexibility index (Phi) is 4.76. The second-order valence-electron chi connectivity index (χ2n) is 6.28. The summed E-state index contributed by atoms with van der Waals surface area (Å²) in [6.07, 6.45) is 5.87. The molecule has 1 heterocycles. The van der Waals surface area contributed by atoms with Gasteiger partial charge in [0.05, 0.1) is 0 Å². The van der Waals surface area contributed by atoms with Crippen molar-refractivity contribution in [2.75, 3.05) is 6.54 Å². The van der Waals surface area contributed by atoms with E-state index in [0.717, 1.165) is 19.3 Å². The highest BCUT2D eigenvalue weighted by Crippen LogP contribution is 2.46. The third-order valence-corrected chi connectivity index (χ3v) is 4.82. The first-order valence-electron chi connectivity index (χ1n) is 7.82. The molecule has 1 spiro atoms. The van der Waals surface area contributed by atoms with Crippen molar-refractivity contribution in [3.8, 4) is 0 Å². The fourth-order valence-electron chi connectivity index (χ4n) is 3.47. The average Bonchev–Trinajstić information content (AvgIpc) is 2.58. The van der Waals surface area contributed by atoms with Gasteiger partial charge in [-0.05, 0) is 51.9 Å². The summed E-state index contributed by atoms with van der Waals surface area (Å²) in [6, 6.07) is 0. The molecule has 1 atom stereocenters. The van der Waals surface area contributed by atoms with Gasteiger partial charge < -0.3 is 19.7 Å². The summed E-state index contributed by atoms with van der Waals surface area (Å²) in [5, 5.41) is 21.2. The Morgan fingerprint density at radius 3 is 2.57 bits per heavy atom. The lowest BCUT2D eigenvalue weighted by Gasteiger charge is -2.42.